The second-order valence-corrected chi connectivity index (χ2v) is 9.23. The van der Waals surface area contributed by atoms with Crippen molar-refractivity contribution in [1.82, 2.24) is 19.7 Å². The second kappa shape index (κ2) is 8.49. The number of piperidine rings is 1. The Morgan fingerprint density at radius 3 is 2.40 bits per heavy atom. The smallest absolute Gasteiger partial charge is 0.240 e. The zero-order chi connectivity index (χ0) is 21.1. The molecule has 0 amide bonds. The van der Waals surface area contributed by atoms with E-state index >= 15 is 0 Å². The van der Waals surface area contributed by atoms with E-state index in [1.165, 1.54) is 0 Å². The molecule has 1 aliphatic heterocycles. The molecule has 7 nitrogen and oxygen atoms in total. The zero-order valence-electron chi connectivity index (χ0n) is 17.1. The predicted octanol–water partition coefficient (Wildman–Crippen LogP) is 3.10. The molecule has 1 aliphatic rings. The molecule has 1 saturated heterocycles. The number of benzene rings is 1. The summed E-state index contributed by atoms with van der Waals surface area (Å²) in [6.45, 7) is 5.47. The monoisotopic (exact) mass is 423 g/mol. The van der Waals surface area contributed by atoms with Gasteiger partial charge in [-0.25, -0.2) is 23.1 Å². The summed E-state index contributed by atoms with van der Waals surface area (Å²) < 4.78 is 28.1. The number of anilines is 1. The topological polar surface area (TPSA) is 88.1 Å². The van der Waals surface area contributed by atoms with Crippen molar-refractivity contribution in [3.05, 3.63) is 66.1 Å². The summed E-state index contributed by atoms with van der Waals surface area (Å²) in [4.78, 5) is 16.1. The van der Waals surface area contributed by atoms with Crippen LogP contribution in [0.25, 0.3) is 11.4 Å². The Bertz CT molecular complexity index is 1110. The Kier molecular flexibility index (Phi) is 5.78. The molecule has 1 N–H and O–H groups in total. The molecule has 4 rings (SSSR count). The fourth-order valence-electron chi connectivity index (χ4n) is 3.64. The van der Waals surface area contributed by atoms with Crippen LogP contribution >= 0.6 is 0 Å². The lowest BCUT2D eigenvalue weighted by Gasteiger charge is -2.34. The van der Waals surface area contributed by atoms with Gasteiger partial charge in [0.2, 0.25) is 10.0 Å². The SMILES string of the molecule is Cc1nc(-c2cccnc2)nc(N2CCC(NS(=O)(=O)c3ccccc3)CC2)c1C. The molecule has 0 radical (unpaired) electrons. The predicted molar refractivity (Wildman–Crippen MR) is 117 cm³/mol. The third kappa shape index (κ3) is 4.34. The van der Waals surface area contributed by atoms with Gasteiger partial charge in [0.25, 0.3) is 0 Å². The normalized spacial score (nSPS) is 15.3. The fraction of sp³-hybridized carbons (Fsp3) is 0.318. The summed E-state index contributed by atoms with van der Waals surface area (Å²) in [5, 5.41) is 0. The summed E-state index contributed by atoms with van der Waals surface area (Å²) in [6, 6.07) is 12.2. The summed E-state index contributed by atoms with van der Waals surface area (Å²) in [7, 11) is -3.50. The number of nitrogens with zero attached hydrogens (tertiary/aromatic N) is 4. The van der Waals surface area contributed by atoms with E-state index < -0.39 is 10.0 Å². The van der Waals surface area contributed by atoms with Crippen LogP contribution in [-0.4, -0.2) is 42.5 Å². The molecular formula is C22H25N5O2S. The van der Waals surface area contributed by atoms with Crippen LogP contribution in [0.2, 0.25) is 0 Å². The quantitative estimate of drug-likeness (QED) is 0.678. The average Bonchev–Trinajstić information content (AvgIpc) is 2.77. The molecule has 3 heterocycles. The van der Waals surface area contributed by atoms with Gasteiger partial charge in [0.15, 0.2) is 5.82 Å². The lowest BCUT2D eigenvalue weighted by molar-refractivity contribution is 0.458. The van der Waals surface area contributed by atoms with Gasteiger partial charge < -0.3 is 4.90 Å². The van der Waals surface area contributed by atoms with Crippen molar-refractivity contribution in [1.29, 1.82) is 0 Å². The molecular weight excluding hydrogens is 398 g/mol. The van der Waals surface area contributed by atoms with Gasteiger partial charge in [-0.15, -0.1) is 0 Å². The molecule has 0 bridgehead atoms. The van der Waals surface area contributed by atoms with E-state index in [-0.39, 0.29) is 6.04 Å². The number of nitrogens with one attached hydrogen (secondary N) is 1. The molecule has 0 unspecified atom stereocenters. The summed E-state index contributed by atoms with van der Waals surface area (Å²) in [5.41, 5.74) is 2.86. The van der Waals surface area contributed by atoms with Gasteiger partial charge in [0.1, 0.15) is 5.82 Å². The third-order valence-corrected chi connectivity index (χ3v) is 6.99. The van der Waals surface area contributed by atoms with Gasteiger partial charge in [0.05, 0.1) is 4.90 Å². The molecule has 0 spiro atoms. The van der Waals surface area contributed by atoms with Crippen LogP contribution in [0, 0.1) is 13.8 Å². The second-order valence-electron chi connectivity index (χ2n) is 7.52. The minimum atomic E-state index is -3.50. The number of hydrogen-bond donors (Lipinski definition) is 1. The van der Waals surface area contributed by atoms with Crippen LogP contribution in [0.4, 0.5) is 5.82 Å². The summed E-state index contributed by atoms with van der Waals surface area (Å²) in [6.07, 6.45) is 4.93. The van der Waals surface area contributed by atoms with Gasteiger partial charge in [-0.3, -0.25) is 4.98 Å². The first kappa shape index (κ1) is 20.4. The molecule has 0 aliphatic carbocycles. The van der Waals surface area contributed by atoms with E-state index in [9.17, 15) is 8.42 Å². The zero-order valence-corrected chi connectivity index (χ0v) is 17.9. The van der Waals surface area contributed by atoms with Gasteiger partial charge in [-0.2, -0.15) is 0 Å². The summed E-state index contributed by atoms with van der Waals surface area (Å²) in [5.74, 6) is 1.57. The van der Waals surface area contributed by atoms with Crippen molar-refractivity contribution in [3.8, 4) is 11.4 Å². The molecule has 3 aromatic rings. The molecule has 0 atom stereocenters. The first-order chi connectivity index (χ1) is 14.4. The first-order valence-electron chi connectivity index (χ1n) is 10.0. The number of sulfonamides is 1. The summed E-state index contributed by atoms with van der Waals surface area (Å²) >= 11 is 0. The van der Waals surface area contributed by atoms with E-state index in [0.29, 0.717) is 10.7 Å². The van der Waals surface area contributed by atoms with Crippen LogP contribution in [0.15, 0.2) is 59.8 Å². The van der Waals surface area contributed by atoms with Crippen molar-refractivity contribution >= 4 is 15.8 Å². The largest absolute Gasteiger partial charge is 0.356 e. The number of aromatic nitrogens is 3. The molecule has 1 aromatic carbocycles. The number of hydrogen-bond acceptors (Lipinski definition) is 6. The number of pyridine rings is 1. The average molecular weight is 424 g/mol. The van der Waals surface area contributed by atoms with E-state index in [1.807, 2.05) is 32.0 Å². The molecule has 2 aromatic heterocycles. The van der Waals surface area contributed by atoms with Gasteiger partial charge in [0, 0.05) is 48.3 Å². The van der Waals surface area contributed by atoms with Crippen LogP contribution in [0.1, 0.15) is 24.1 Å². The molecule has 156 valence electrons. The van der Waals surface area contributed by atoms with Crippen molar-refractivity contribution < 1.29 is 8.42 Å². The van der Waals surface area contributed by atoms with Crippen LogP contribution in [0.5, 0.6) is 0 Å². The number of rotatable bonds is 5. The Morgan fingerprint density at radius 2 is 1.73 bits per heavy atom. The highest BCUT2D eigenvalue weighted by Gasteiger charge is 2.26. The highest BCUT2D eigenvalue weighted by molar-refractivity contribution is 7.89. The molecule has 8 heteroatoms. The van der Waals surface area contributed by atoms with E-state index in [2.05, 4.69) is 19.6 Å². The Labute approximate surface area is 177 Å². The van der Waals surface area contributed by atoms with Crippen molar-refractivity contribution in [2.75, 3.05) is 18.0 Å². The van der Waals surface area contributed by atoms with Crippen LogP contribution in [-0.2, 0) is 10.0 Å². The van der Waals surface area contributed by atoms with Crippen molar-refractivity contribution in [2.45, 2.75) is 37.6 Å². The number of aryl methyl sites for hydroxylation is 1. The fourth-order valence-corrected chi connectivity index (χ4v) is 4.97. The van der Waals surface area contributed by atoms with E-state index in [1.54, 1.807) is 36.7 Å². The molecule has 30 heavy (non-hydrogen) atoms. The maximum Gasteiger partial charge on any atom is 0.240 e. The maximum absolute atomic E-state index is 12.6. The van der Waals surface area contributed by atoms with Crippen molar-refractivity contribution in [2.24, 2.45) is 0 Å². The standard InChI is InChI=1S/C22H25N5O2S/c1-16-17(2)24-21(18-7-6-12-23-15-18)25-22(16)27-13-10-19(11-14-27)26-30(28,29)20-8-4-3-5-9-20/h3-9,12,15,19,26H,10-11,13-14H2,1-2H3. The highest BCUT2D eigenvalue weighted by Crippen LogP contribution is 2.27. The van der Waals surface area contributed by atoms with E-state index in [4.69, 9.17) is 4.98 Å². The lowest BCUT2D eigenvalue weighted by Crippen LogP contribution is -2.45. The lowest BCUT2D eigenvalue weighted by atomic mass is 10.1. The minimum Gasteiger partial charge on any atom is -0.356 e. The Hall–Kier alpha value is -2.84. The maximum atomic E-state index is 12.6. The first-order valence-corrected chi connectivity index (χ1v) is 11.5. The van der Waals surface area contributed by atoms with Crippen LogP contribution in [0.3, 0.4) is 0 Å². The van der Waals surface area contributed by atoms with Crippen molar-refractivity contribution in [3.63, 3.8) is 0 Å². The van der Waals surface area contributed by atoms with Gasteiger partial charge in [-0.05, 0) is 51.0 Å². The van der Waals surface area contributed by atoms with E-state index in [0.717, 1.165) is 48.6 Å². The minimum absolute atomic E-state index is 0.0903. The molecule has 0 saturated carbocycles. The van der Waals surface area contributed by atoms with Crippen LogP contribution < -0.4 is 9.62 Å². The molecule has 1 fully saturated rings. The highest BCUT2D eigenvalue weighted by atomic mass is 32.2. The van der Waals surface area contributed by atoms with Gasteiger partial charge in [-0.1, -0.05) is 18.2 Å². The Morgan fingerprint density at radius 1 is 1.00 bits per heavy atom. The Balaban J connectivity index is 1.49. The van der Waals surface area contributed by atoms with Gasteiger partial charge >= 0.3 is 0 Å². The third-order valence-electron chi connectivity index (χ3n) is 5.45.